The van der Waals surface area contributed by atoms with Crippen LogP contribution in [0.5, 0.6) is 0 Å². The van der Waals surface area contributed by atoms with Crippen LogP contribution in [0, 0.1) is 0 Å². The molecule has 2 aromatic carbocycles. The molecule has 0 heterocycles. The molecule has 0 saturated carbocycles. The number of amides is 1. The van der Waals surface area contributed by atoms with Gasteiger partial charge in [0.25, 0.3) is 0 Å². The second kappa shape index (κ2) is 8.89. The van der Waals surface area contributed by atoms with Crippen LogP contribution in [0.3, 0.4) is 0 Å². The lowest BCUT2D eigenvalue weighted by molar-refractivity contribution is -0.125. The third-order valence-electron chi connectivity index (χ3n) is 3.84. The summed E-state index contributed by atoms with van der Waals surface area (Å²) in [5.74, 6) is 0.0609. The van der Waals surface area contributed by atoms with Crippen molar-refractivity contribution in [2.24, 2.45) is 0 Å². The number of carbonyl (C=O) groups excluding carboxylic acids is 2. The summed E-state index contributed by atoms with van der Waals surface area (Å²) in [6.07, 6.45) is 1.79. The molecule has 2 aromatic rings. The van der Waals surface area contributed by atoms with Crippen LogP contribution >= 0.6 is 0 Å². The maximum absolute atomic E-state index is 11.9. The van der Waals surface area contributed by atoms with E-state index in [1.54, 1.807) is 0 Å². The van der Waals surface area contributed by atoms with Gasteiger partial charge in [0.15, 0.2) is 0 Å². The molecule has 1 amide bonds. The Labute approximate surface area is 137 Å². The third kappa shape index (κ3) is 6.07. The highest BCUT2D eigenvalue weighted by atomic mass is 16.2. The van der Waals surface area contributed by atoms with Crippen molar-refractivity contribution >= 4 is 11.7 Å². The first-order valence-electron chi connectivity index (χ1n) is 8.05. The second-order valence-corrected chi connectivity index (χ2v) is 5.72. The maximum Gasteiger partial charge on any atom is 0.220 e. The third-order valence-corrected chi connectivity index (χ3v) is 3.84. The molecule has 1 N–H and O–H groups in total. The van der Waals surface area contributed by atoms with Crippen LogP contribution in [-0.2, 0) is 16.0 Å². The summed E-state index contributed by atoms with van der Waals surface area (Å²) in [5, 5.41) is 2.93. The van der Waals surface area contributed by atoms with Crippen LogP contribution in [0.25, 0.3) is 0 Å². The smallest absolute Gasteiger partial charge is 0.220 e. The summed E-state index contributed by atoms with van der Waals surface area (Å²) in [6.45, 7) is 1.95. The van der Waals surface area contributed by atoms with E-state index in [0.29, 0.717) is 12.8 Å². The van der Waals surface area contributed by atoms with Gasteiger partial charge in [-0.05, 0) is 24.5 Å². The van der Waals surface area contributed by atoms with Crippen LogP contribution in [0.2, 0.25) is 0 Å². The van der Waals surface area contributed by atoms with E-state index in [2.05, 4.69) is 5.32 Å². The van der Waals surface area contributed by atoms with Crippen molar-refractivity contribution in [3.63, 3.8) is 0 Å². The van der Waals surface area contributed by atoms with E-state index in [9.17, 15) is 9.59 Å². The minimum Gasteiger partial charge on any atom is -0.350 e. The summed E-state index contributed by atoms with van der Waals surface area (Å²) in [4.78, 5) is 23.8. The van der Waals surface area contributed by atoms with E-state index < -0.39 is 0 Å². The SMILES string of the molecule is C[C@@H](NC(=O)CCC(=O)CCc1ccccc1)c1ccccc1. The first-order chi connectivity index (χ1) is 11.1. The van der Waals surface area contributed by atoms with Gasteiger partial charge in [0.2, 0.25) is 5.91 Å². The Hall–Kier alpha value is -2.42. The van der Waals surface area contributed by atoms with Crippen molar-refractivity contribution in [3.8, 4) is 0 Å². The molecule has 0 bridgehead atoms. The zero-order chi connectivity index (χ0) is 16.5. The van der Waals surface area contributed by atoms with Crippen LogP contribution in [0.4, 0.5) is 0 Å². The van der Waals surface area contributed by atoms with Crippen LogP contribution < -0.4 is 5.32 Å². The van der Waals surface area contributed by atoms with Gasteiger partial charge < -0.3 is 5.32 Å². The molecule has 0 aromatic heterocycles. The second-order valence-electron chi connectivity index (χ2n) is 5.72. The lowest BCUT2D eigenvalue weighted by Gasteiger charge is -2.14. The lowest BCUT2D eigenvalue weighted by atomic mass is 10.0. The summed E-state index contributed by atoms with van der Waals surface area (Å²) in [7, 11) is 0. The van der Waals surface area contributed by atoms with Gasteiger partial charge in [0, 0.05) is 19.3 Å². The number of hydrogen-bond acceptors (Lipinski definition) is 2. The average Bonchev–Trinajstić information content (AvgIpc) is 2.60. The molecule has 0 saturated heterocycles. The fourth-order valence-corrected chi connectivity index (χ4v) is 2.45. The normalized spacial score (nSPS) is 11.7. The maximum atomic E-state index is 11.9. The van der Waals surface area contributed by atoms with Gasteiger partial charge in [-0.2, -0.15) is 0 Å². The first-order valence-corrected chi connectivity index (χ1v) is 8.05. The first kappa shape index (κ1) is 16.9. The molecule has 0 aliphatic rings. The average molecular weight is 309 g/mol. The summed E-state index contributed by atoms with van der Waals surface area (Å²) in [5.41, 5.74) is 2.22. The minimum absolute atomic E-state index is 0.0388. The van der Waals surface area contributed by atoms with E-state index >= 15 is 0 Å². The number of carbonyl (C=O) groups is 2. The Morgan fingerprint density at radius 2 is 1.48 bits per heavy atom. The zero-order valence-electron chi connectivity index (χ0n) is 13.5. The fraction of sp³-hybridized carbons (Fsp3) is 0.300. The number of nitrogens with one attached hydrogen (secondary N) is 1. The van der Waals surface area contributed by atoms with Crippen molar-refractivity contribution in [2.75, 3.05) is 0 Å². The number of benzene rings is 2. The Bertz CT molecular complexity index is 623. The zero-order valence-corrected chi connectivity index (χ0v) is 13.5. The number of Topliss-reactive ketones (excluding diaryl/α,β-unsaturated/α-hetero) is 1. The van der Waals surface area contributed by atoms with E-state index in [-0.39, 0.29) is 24.2 Å². The van der Waals surface area contributed by atoms with Crippen LogP contribution in [0.15, 0.2) is 60.7 Å². The predicted molar refractivity (Wildman–Crippen MR) is 92.0 cm³/mol. The van der Waals surface area contributed by atoms with Crippen molar-refractivity contribution < 1.29 is 9.59 Å². The molecule has 1 atom stereocenters. The largest absolute Gasteiger partial charge is 0.350 e. The van der Waals surface area contributed by atoms with Crippen LogP contribution in [0.1, 0.15) is 43.4 Å². The Morgan fingerprint density at radius 3 is 2.13 bits per heavy atom. The molecular formula is C20H23NO2. The van der Waals surface area contributed by atoms with Crippen molar-refractivity contribution in [1.82, 2.24) is 5.32 Å². The van der Waals surface area contributed by atoms with Crippen LogP contribution in [-0.4, -0.2) is 11.7 Å². The minimum atomic E-state index is -0.0746. The molecule has 0 aliphatic carbocycles. The van der Waals surface area contributed by atoms with Gasteiger partial charge >= 0.3 is 0 Å². The molecule has 0 unspecified atom stereocenters. The quantitative estimate of drug-likeness (QED) is 0.805. The summed E-state index contributed by atoms with van der Waals surface area (Å²) < 4.78 is 0. The molecule has 0 aliphatic heterocycles. The highest BCUT2D eigenvalue weighted by Crippen LogP contribution is 2.11. The number of aryl methyl sites for hydroxylation is 1. The number of hydrogen-bond donors (Lipinski definition) is 1. The van der Waals surface area contributed by atoms with Crippen molar-refractivity contribution in [3.05, 3.63) is 71.8 Å². The molecule has 23 heavy (non-hydrogen) atoms. The van der Waals surface area contributed by atoms with Gasteiger partial charge in [-0.25, -0.2) is 0 Å². The lowest BCUT2D eigenvalue weighted by Crippen LogP contribution is -2.26. The monoisotopic (exact) mass is 309 g/mol. The van der Waals surface area contributed by atoms with Gasteiger partial charge in [0.1, 0.15) is 5.78 Å². The molecule has 0 spiro atoms. The molecule has 3 heteroatoms. The molecule has 0 fully saturated rings. The van der Waals surface area contributed by atoms with Gasteiger partial charge in [-0.1, -0.05) is 60.7 Å². The number of rotatable bonds is 8. The van der Waals surface area contributed by atoms with Crippen molar-refractivity contribution in [2.45, 2.75) is 38.6 Å². The fourth-order valence-electron chi connectivity index (χ4n) is 2.45. The van der Waals surface area contributed by atoms with Gasteiger partial charge in [-0.15, -0.1) is 0 Å². The van der Waals surface area contributed by atoms with Crippen molar-refractivity contribution in [1.29, 1.82) is 0 Å². The van der Waals surface area contributed by atoms with Gasteiger partial charge in [0.05, 0.1) is 6.04 Å². The standard InChI is InChI=1S/C20H23NO2/c1-16(18-10-6-3-7-11-18)21-20(23)15-14-19(22)13-12-17-8-4-2-5-9-17/h2-11,16H,12-15H2,1H3,(H,21,23)/t16-/m1/s1. The van der Waals surface area contributed by atoms with E-state index in [1.807, 2.05) is 67.6 Å². The Kier molecular flexibility index (Phi) is 6.55. The molecular weight excluding hydrogens is 286 g/mol. The number of ketones is 1. The molecule has 2 rings (SSSR count). The van der Waals surface area contributed by atoms with E-state index in [4.69, 9.17) is 0 Å². The van der Waals surface area contributed by atoms with E-state index in [0.717, 1.165) is 17.5 Å². The Morgan fingerprint density at radius 1 is 0.870 bits per heavy atom. The molecule has 3 nitrogen and oxygen atoms in total. The Balaban J connectivity index is 1.68. The summed E-state index contributed by atoms with van der Waals surface area (Å²) >= 11 is 0. The highest BCUT2D eigenvalue weighted by molar-refractivity contribution is 5.85. The molecule has 120 valence electrons. The predicted octanol–water partition coefficient (Wildman–Crippen LogP) is 3.85. The highest BCUT2D eigenvalue weighted by Gasteiger charge is 2.11. The van der Waals surface area contributed by atoms with Gasteiger partial charge in [-0.3, -0.25) is 9.59 Å². The molecule has 0 radical (unpaired) electrons. The topological polar surface area (TPSA) is 46.2 Å². The van der Waals surface area contributed by atoms with E-state index in [1.165, 1.54) is 0 Å². The summed E-state index contributed by atoms with van der Waals surface area (Å²) in [6, 6.07) is 19.7.